The highest BCUT2D eigenvalue weighted by Crippen LogP contribution is 2.34. The number of benzene rings is 1. The minimum Gasteiger partial charge on any atom is -0.493 e. The topological polar surface area (TPSA) is 98.0 Å². The number of piperidine rings is 1. The van der Waals surface area contributed by atoms with Gasteiger partial charge in [0.15, 0.2) is 0 Å². The van der Waals surface area contributed by atoms with Crippen LogP contribution in [0.4, 0.5) is 5.82 Å². The van der Waals surface area contributed by atoms with Crippen molar-refractivity contribution in [3.63, 3.8) is 0 Å². The van der Waals surface area contributed by atoms with Crippen LogP contribution in [0, 0.1) is 18.3 Å². The molecule has 2 atom stereocenters. The van der Waals surface area contributed by atoms with E-state index in [9.17, 15) is 0 Å². The molecule has 1 saturated heterocycles. The number of nitrogens with two attached hydrogens (primary N) is 1. The van der Waals surface area contributed by atoms with Crippen LogP contribution in [0.25, 0.3) is 11.1 Å². The smallest absolute Gasteiger partial charge is 0.138 e. The molecule has 0 spiro atoms. The predicted octanol–water partition coefficient (Wildman–Crippen LogP) is 7.75. The molecule has 7 nitrogen and oxygen atoms in total. The zero-order valence-electron chi connectivity index (χ0n) is 27.8. The molecule has 1 aliphatic heterocycles. The summed E-state index contributed by atoms with van der Waals surface area (Å²) in [5, 5.41) is 3.56. The van der Waals surface area contributed by atoms with E-state index in [1.807, 2.05) is 6.20 Å². The summed E-state index contributed by atoms with van der Waals surface area (Å²) in [6.45, 7) is 16.2. The van der Waals surface area contributed by atoms with Crippen LogP contribution in [0.5, 0.6) is 5.75 Å². The number of anilines is 1. The molecule has 8 heteroatoms. The quantitative estimate of drug-likeness (QED) is 0.188. The number of ether oxygens (including phenoxy) is 1. The van der Waals surface area contributed by atoms with Crippen LogP contribution in [0.3, 0.4) is 0 Å². The summed E-state index contributed by atoms with van der Waals surface area (Å²) < 4.78 is 9.56. The van der Waals surface area contributed by atoms with Gasteiger partial charge in [-0.3, -0.25) is 4.72 Å². The van der Waals surface area contributed by atoms with Gasteiger partial charge in [-0.15, -0.1) is 0 Å². The Labute approximate surface area is 270 Å². The van der Waals surface area contributed by atoms with Gasteiger partial charge in [-0.25, -0.2) is 15.0 Å². The molecule has 2 unspecified atom stereocenters. The third kappa shape index (κ3) is 9.91. The Morgan fingerprint density at radius 1 is 1.14 bits per heavy atom. The van der Waals surface area contributed by atoms with E-state index in [1.54, 1.807) is 18.3 Å². The van der Waals surface area contributed by atoms with Crippen molar-refractivity contribution in [3.8, 4) is 16.9 Å². The highest BCUT2D eigenvalue weighted by Gasteiger charge is 2.27. The lowest BCUT2D eigenvalue weighted by molar-refractivity contribution is 0.279. The average molecular weight is 619 g/mol. The molecule has 3 aromatic rings. The Kier molecular flexibility index (Phi) is 12.9. The molecule has 1 aromatic carbocycles. The Morgan fingerprint density at radius 2 is 1.98 bits per heavy atom. The summed E-state index contributed by atoms with van der Waals surface area (Å²) >= 11 is 1.58. The second-order valence-corrected chi connectivity index (χ2v) is 14.2. The van der Waals surface area contributed by atoms with Gasteiger partial charge >= 0.3 is 0 Å². The third-order valence-electron chi connectivity index (χ3n) is 9.09. The van der Waals surface area contributed by atoms with Crippen LogP contribution in [-0.2, 0) is 19.3 Å². The number of rotatable bonds is 11. The van der Waals surface area contributed by atoms with Crippen molar-refractivity contribution in [2.24, 2.45) is 11.3 Å². The molecule has 2 aliphatic rings. The average Bonchev–Trinajstić information content (AvgIpc) is 3.03. The maximum atomic E-state index is 6.15. The number of aryl methyl sites for hydroxylation is 3. The van der Waals surface area contributed by atoms with Crippen molar-refractivity contribution in [2.45, 2.75) is 110 Å². The molecule has 2 aromatic heterocycles. The number of hydrogen-bond acceptors (Lipinski definition) is 8. The predicted molar refractivity (Wildman–Crippen MR) is 185 cm³/mol. The van der Waals surface area contributed by atoms with E-state index in [0.717, 1.165) is 72.8 Å². The first kappa shape index (κ1) is 34.2. The van der Waals surface area contributed by atoms with E-state index in [1.165, 1.54) is 48.9 Å². The molecular weight excluding hydrogens is 565 g/mol. The Hall–Kier alpha value is -2.68. The van der Waals surface area contributed by atoms with Crippen LogP contribution < -0.4 is 20.5 Å². The summed E-state index contributed by atoms with van der Waals surface area (Å²) in [5.74, 6) is 2.26. The maximum absolute atomic E-state index is 6.15. The second-order valence-electron chi connectivity index (χ2n) is 13.3. The van der Waals surface area contributed by atoms with Gasteiger partial charge in [0.25, 0.3) is 0 Å². The van der Waals surface area contributed by atoms with Gasteiger partial charge in [0.2, 0.25) is 0 Å². The van der Waals surface area contributed by atoms with Gasteiger partial charge < -0.3 is 15.8 Å². The monoisotopic (exact) mass is 618 g/mol. The van der Waals surface area contributed by atoms with E-state index >= 15 is 0 Å². The zero-order valence-corrected chi connectivity index (χ0v) is 28.7. The minimum atomic E-state index is 0.433. The summed E-state index contributed by atoms with van der Waals surface area (Å²) in [4.78, 5) is 14.0. The Balaban J connectivity index is 0.000000281. The summed E-state index contributed by atoms with van der Waals surface area (Å²) in [5.41, 5.74) is 13.9. The standard InChI is InChI=1S/C25H38N4OS.C11H16N2/c1-4-18(3)11-13-30-23-10-9-20(14-19(23)5-2)21-15-24(25(26)28-16-21)31-29-17-22-8-6-7-12-27-22;1-8-9-6-11(2,3)5-4-10(9)13-7-12-8/h9-10,14-16,18,22,27,29H,4-8,11-13,17H2,1-3H3,(H2,26,28);7H,4-6H2,1-3H3. The number of fused-ring (bicyclic) bond motifs is 1. The number of aromatic nitrogens is 3. The highest BCUT2D eigenvalue weighted by molar-refractivity contribution is 7.97. The zero-order chi connectivity index (χ0) is 31.5. The summed E-state index contributed by atoms with van der Waals surface area (Å²) in [6, 6.07) is 9.12. The van der Waals surface area contributed by atoms with E-state index in [0.29, 0.717) is 23.2 Å². The lowest BCUT2D eigenvalue weighted by Crippen LogP contribution is -2.40. The fourth-order valence-corrected chi connectivity index (χ4v) is 6.57. The van der Waals surface area contributed by atoms with Gasteiger partial charge in [-0.05, 0) is 117 Å². The summed E-state index contributed by atoms with van der Waals surface area (Å²) in [7, 11) is 0. The molecule has 3 heterocycles. The molecule has 240 valence electrons. The fourth-order valence-electron chi connectivity index (χ4n) is 5.78. The van der Waals surface area contributed by atoms with E-state index in [-0.39, 0.29) is 0 Å². The molecule has 0 radical (unpaired) electrons. The first-order valence-electron chi connectivity index (χ1n) is 16.6. The van der Waals surface area contributed by atoms with Crippen LogP contribution in [0.1, 0.15) is 95.7 Å². The van der Waals surface area contributed by atoms with Crippen LogP contribution in [0.2, 0.25) is 0 Å². The molecular formula is C36H54N6OS. The van der Waals surface area contributed by atoms with Crippen molar-refractivity contribution >= 4 is 17.8 Å². The van der Waals surface area contributed by atoms with Crippen molar-refractivity contribution in [1.29, 1.82) is 0 Å². The number of nitrogens with one attached hydrogen (secondary N) is 2. The van der Waals surface area contributed by atoms with E-state index in [4.69, 9.17) is 10.5 Å². The Morgan fingerprint density at radius 3 is 2.73 bits per heavy atom. The maximum Gasteiger partial charge on any atom is 0.138 e. The lowest BCUT2D eigenvalue weighted by Gasteiger charge is -2.30. The van der Waals surface area contributed by atoms with Crippen LogP contribution >= 0.6 is 11.9 Å². The number of hydrogen-bond donors (Lipinski definition) is 3. The van der Waals surface area contributed by atoms with Crippen LogP contribution in [0.15, 0.2) is 41.7 Å². The number of nitrogens with zero attached hydrogens (tertiary/aromatic N) is 3. The minimum absolute atomic E-state index is 0.433. The van der Waals surface area contributed by atoms with Crippen molar-refractivity contribution in [1.82, 2.24) is 25.0 Å². The van der Waals surface area contributed by atoms with Crippen LogP contribution in [-0.4, -0.2) is 40.7 Å². The molecule has 0 bridgehead atoms. The molecule has 0 saturated carbocycles. The normalized spacial score (nSPS) is 18.1. The van der Waals surface area contributed by atoms with Gasteiger partial charge in [0.05, 0.1) is 11.5 Å². The van der Waals surface area contributed by atoms with Gasteiger partial charge in [0, 0.05) is 35.7 Å². The van der Waals surface area contributed by atoms with Crippen molar-refractivity contribution in [3.05, 3.63) is 59.3 Å². The van der Waals surface area contributed by atoms with Gasteiger partial charge in [-0.1, -0.05) is 53.5 Å². The fraction of sp³-hybridized carbons (Fsp3) is 0.583. The first-order chi connectivity index (χ1) is 21.2. The molecule has 44 heavy (non-hydrogen) atoms. The van der Waals surface area contributed by atoms with E-state index in [2.05, 4.69) is 90.8 Å². The highest BCUT2D eigenvalue weighted by atomic mass is 32.2. The molecule has 4 N–H and O–H groups in total. The SMILES string of the molecule is CCc1cc(-c2cnc(N)c(SNCC3CCCCN3)c2)ccc1OCCC(C)CC.Cc1ncnc2c1CC(C)(C)CC2. The largest absolute Gasteiger partial charge is 0.493 e. The lowest BCUT2D eigenvalue weighted by atomic mass is 9.75. The second kappa shape index (κ2) is 16.6. The molecule has 0 amide bonds. The van der Waals surface area contributed by atoms with Crippen molar-refractivity contribution < 1.29 is 4.74 Å². The molecule has 1 fully saturated rings. The third-order valence-corrected chi connectivity index (χ3v) is 9.95. The number of nitrogen functional groups attached to an aromatic ring is 1. The molecule has 5 rings (SSSR count). The first-order valence-corrected chi connectivity index (χ1v) is 17.4. The summed E-state index contributed by atoms with van der Waals surface area (Å²) in [6.07, 6.45) is 14.1. The van der Waals surface area contributed by atoms with Crippen molar-refractivity contribution in [2.75, 3.05) is 25.4 Å². The van der Waals surface area contributed by atoms with Gasteiger partial charge in [0.1, 0.15) is 17.9 Å². The molecule has 1 aliphatic carbocycles. The van der Waals surface area contributed by atoms with E-state index < -0.39 is 0 Å². The Bertz CT molecular complexity index is 1340. The number of pyridine rings is 1. The van der Waals surface area contributed by atoms with Gasteiger partial charge in [-0.2, -0.15) is 0 Å².